The van der Waals surface area contributed by atoms with Gasteiger partial charge in [-0.25, -0.2) is 33.7 Å². The van der Waals surface area contributed by atoms with Crippen LogP contribution in [0.5, 0.6) is 0 Å². The van der Waals surface area contributed by atoms with E-state index in [-0.39, 0.29) is 133 Å². The van der Waals surface area contributed by atoms with E-state index in [2.05, 4.69) is 10.6 Å². The van der Waals surface area contributed by atoms with Crippen molar-refractivity contribution in [3.05, 3.63) is 332 Å². The number of nitrogens with one attached hydrogen (secondary N) is 2. The number of nitro benzene ring substituents is 2. The first kappa shape index (κ1) is 96.2. The number of hydrogen-bond donors (Lipinski definition) is 2. The third-order valence-corrected chi connectivity index (χ3v) is 34.3. The van der Waals surface area contributed by atoms with Crippen molar-refractivity contribution in [1.82, 2.24) is 17.2 Å². The molecular weight excluding hydrogens is 1880 g/mol. The molecule has 0 aromatic heterocycles. The normalized spacial score (nSPS) is 25.0. The fourth-order valence-corrected chi connectivity index (χ4v) is 27.4. The molecule has 0 bridgehead atoms. The van der Waals surface area contributed by atoms with Crippen LogP contribution in [0.4, 0.5) is 22.7 Å². The summed E-state index contributed by atoms with van der Waals surface area (Å²) in [7, 11) is -16.9. The van der Waals surface area contributed by atoms with Gasteiger partial charge < -0.3 is 10.6 Å². The van der Waals surface area contributed by atoms with Gasteiger partial charge in [0.15, 0.2) is 11.6 Å². The number of carbonyl (C=O) groups is 14. The number of sulfonamides is 4. The number of allylic oxidation sites excluding steroid dienone is 6. The molecule has 712 valence electrons. The van der Waals surface area contributed by atoms with Crippen LogP contribution in [0, 0.1) is 79.4 Å². The van der Waals surface area contributed by atoms with Crippen LogP contribution in [-0.2, 0) is 107 Å². The van der Waals surface area contributed by atoms with E-state index in [9.17, 15) is 121 Å². The molecule has 2 N–H and O–H groups in total. The number of nitrogens with zero attached hydrogens (tertiary/aromatic N) is 6. The Morgan fingerprint density at radius 3 is 0.893 bits per heavy atom. The Kier molecular flexibility index (Phi) is 25.7. The number of fused-ring (bicyclic) bond motifs is 10. The summed E-state index contributed by atoms with van der Waals surface area (Å²) in [5, 5.41) is 27.2. The van der Waals surface area contributed by atoms with E-state index in [1.807, 2.05) is 6.07 Å². The highest BCUT2D eigenvalue weighted by Gasteiger charge is 2.63. The molecule has 140 heavy (non-hydrogen) atoms. The van der Waals surface area contributed by atoms with Gasteiger partial charge in [-0.05, 0) is 176 Å². The maximum atomic E-state index is 13.9. The third-order valence-electron chi connectivity index (χ3n) is 27.2. The number of Topliss-reactive ketones (excluding diaryl/α,β-unsaturated/α-hetero) is 10. The van der Waals surface area contributed by atoms with Crippen LogP contribution in [0.3, 0.4) is 0 Å². The van der Waals surface area contributed by atoms with Crippen LogP contribution < -0.4 is 10.6 Å². The van der Waals surface area contributed by atoms with Gasteiger partial charge in [0.25, 0.3) is 51.5 Å². The summed E-state index contributed by atoms with van der Waals surface area (Å²) in [6.45, 7) is 6.23. The lowest BCUT2D eigenvalue weighted by Gasteiger charge is -2.46. The predicted molar refractivity (Wildman–Crippen MR) is 503 cm³/mol. The molecule has 0 saturated heterocycles. The zero-order valence-electron chi connectivity index (χ0n) is 74.7. The minimum Gasteiger partial charge on any atom is -0.326 e. The van der Waals surface area contributed by atoms with Crippen molar-refractivity contribution < 1.29 is 111 Å². The number of rotatable bonds is 16. The molecule has 4 fully saturated rings. The summed E-state index contributed by atoms with van der Waals surface area (Å²) >= 11 is 0. The summed E-state index contributed by atoms with van der Waals surface area (Å²) in [6, 6.07) is 51.6. The summed E-state index contributed by atoms with van der Waals surface area (Å²) in [5.41, 5.74) is 5.15. The Morgan fingerprint density at radius 1 is 0.336 bits per heavy atom. The van der Waals surface area contributed by atoms with E-state index < -0.39 is 168 Å². The molecule has 0 spiro atoms. The summed E-state index contributed by atoms with van der Waals surface area (Å²) < 4.78 is 115. The smallest absolute Gasteiger partial charge is 0.269 e. The molecule has 0 radical (unpaired) electrons. The lowest BCUT2D eigenvalue weighted by Crippen LogP contribution is -2.58. The van der Waals surface area contributed by atoms with Crippen molar-refractivity contribution in [2.24, 2.45) is 59.2 Å². The van der Waals surface area contributed by atoms with Gasteiger partial charge in [0.1, 0.15) is 11.6 Å². The highest BCUT2D eigenvalue weighted by atomic mass is 32.2. The molecule has 2 amide bonds. The minimum atomic E-state index is -4.30. The van der Waals surface area contributed by atoms with Crippen molar-refractivity contribution >= 4 is 166 Å². The van der Waals surface area contributed by atoms with Gasteiger partial charge in [0.2, 0.25) is 58.1 Å². The molecule has 20 rings (SSSR count). The largest absolute Gasteiger partial charge is 0.326 e. The van der Waals surface area contributed by atoms with Crippen molar-refractivity contribution in [3.63, 3.8) is 0 Å². The van der Waals surface area contributed by atoms with Crippen LogP contribution in [-0.4, -0.2) is 166 Å². The van der Waals surface area contributed by atoms with Gasteiger partial charge in [0, 0.05) is 136 Å². The summed E-state index contributed by atoms with van der Waals surface area (Å²) in [6.07, 6.45) is 10.7. The predicted octanol–water partition coefficient (Wildman–Crippen LogP) is 11.3. The first-order valence-electron chi connectivity index (χ1n) is 44.3. The fraction of sp³-hybridized carbons (Fsp3) is 0.235. The number of nitro groups is 2. The van der Waals surface area contributed by atoms with Crippen molar-refractivity contribution in [1.29, 1.82) is 0 Å². The van der Waals surface area contributed by atoms with E-state index >= 15 is 0 Å². The molecule has 4 saturated carbocycles. The minimum absolute atomic E-state index is 0.0113. The van der Waals surface area contributed by atoms with Crippen LogP contribution >= 0.6 is 0 Å². The van der Waals surface area contributed by atoms with E-state index in [4.69, 9.17) is 0 Å². The lowest BCUT2D eigenvalue weighted by atomic mass is 9.59. The maximum absolute atomic E-state index is 13.9. The molecule has 4 aliphatic heterocycles. The molecule has 12 aliphatic rings. The zero-order valence-corrected chi connectivity index (χ0v) is 77.9. The highest BCUT2D eigenvalue weighted by Crippen LogP contribution is 2.56. The summed E-state index contributed by atoms with van der Waals surface area (Å²) in [5.74, 6) is -14.0. The topological polar surface area (TPSA) is 499 Å². The molecule has 8 aromatic rings. The Labute approximate surface area is 801 Å². The van der Waals surface area contributed by atoms with Crippen LogP contribution in [0.2, 0.25) is 0 Å². The highest BCUT2D eigenvalue weighted by molar-refractivity contribution is 7.90. The van der Waals surface area contributed by atoms with Crippen LogP contribution in [0.1, 0.15) is 88.5 Å². The standard InChI is InChI=1S/C27H26N2O6S.C26H20N2O6S.C25H22N2O7S.C24H16N2O7S/c1-15-12-19(31)13-21-23(15)26(32)27(33)24-22(17-6-4-3-5-7-17)14-29(25(21)24)36(34,35)20-10-8-18(9-11-20)28-16(2)30;1-15(29)27-17-7-10-19(11-8-17)35(33,34)28-14-22(16-5-3-2-4-6-16)23-24(28)21-13-18(30)9-12-20(21)25(31)26(23)32;1-14-11-17(28)12-19-21(14)24(29)25(30)22-20(15-5-3-2-4-6-15)13-26(23(19)22)35(33,34)18-9-7-16(8-10-18)27(31)32;27-16-8-11-18-19(12-16)22-21(24(29)23(18)28)20(14-4-2-1-3-5-14)13-25(22)34(32,33)17-9-6-15(7-10-17)26(30)31/h3-11,14-15,21,23-25H,12-13H2,1-2H3,(H,28,30);2-12,14,23-24H,13H2,1H3,(H,27,29);2-10,13-14,19,21-23H,11-12H2,1H3;1-11,13,21-22H,12H2. The maximum Gasteiger partial charge on any atom is 0.269 e. The number of hydrogen-bond acceptors (Lipinski definition) is 26. The Morgan fingerprint density at radius 2 is 0.607 bits per heavy atom. The number of benzene rings is 8. The molecular formula is C102H84N8O26S4. The quantitative estimate of drug-likeness (QED) is 0.0515. The average molecular weight is 1970 g/mol. The van der Waals surface area contributed by atoms with Crippen LogP contribution in [0.15, 0.2) is 309 Å². The summed E-state index contributed by atoms with van der Waals surface area (Å²) in [4.78, 5) is 198. The Hall–Kier alpha value is -15.5. The molecule has 4 heterocycles. The van der Waals surface area contributed by atoms with Gasteiger partial charge >= 0.3 is 0 Å². The zero-order chi connectivity index (χ0) is 99.9. The SMILES string of the molecule is CC(=O)Nc1ccc(S(=O)(=O)N2C=C(c3ccccc3)C3C(=O)C(=O)C4=C(CC(=O)C=C4)C32)cc1.CC(=O)Nc1ccc(S(=O)(=O)N2C=C(c3ccccc3)C3C(=O)C(=O)C4C(C)CC(=O)CC4C32)cc1.CC1CC(=O)CC2C1C(=O)C(=O)C1C(c3ccccc3)=CN(S(=O)(=O)c3ccc([N+](=O)[O-])cc3)C12.O=C1C=CC2=C(C1)C1C(C(=O)C2=O)C(c2ccccc2)=CN1S(=O)(=O)c1ccc([N+](=O)[O-])cc1. The number of non-ortho nitro benzene ring substituents is 2. The molecule has 8 aromatic carbocycles. The van der Waals surface area contributed by atoms with E-state index in [1.54, 1.807) is 129 Å². The Balaban J connectivity index is 0.000000129. The van der Waals surface area contributed by atoms with Crippen molar-refractivity contribution in [3.8, 4) is 0 Å². The number of amides is 2. The second-order valence-electron chi connectivity index (χ2n) is 35.7. The first-order valence-corrected chi connectivity index (χ1v) is 50.1. The van der Waals surface area contributed by atoms with Gasteiger partial charge in [0.05, 0.1) is 77.3 Å². The molecule has 14 atom stereocenters. The number of ketones is 12. The van der Waals surface area contributed by atoms with Crippen molar-refractivity contribution in [2.45, 2.75) is 110 Å². The Bertz CT molecular complexity index is 7510. The average Bonchev–Trinajstić information content (AvgIpc) is 1.59. The van der Waals surface area contributed by atoms with Crippen LogP contribution in [0.25, 0.3) is 22.3 Å². The van der Waals surface area contributed by atoms with Crippen molar-refractivity contribution in [2.75, 3.05) is 10.6 Å². The third kappa shape index (κ3) is 17.4. The molecule has 34 nitrogen and oxygen atoms in total. The van der Waals surface area contributed by atoms with E-state index in [1.165, 1.54) is 116 Å². The van der Waals surface area contributed by atoms with Gasteiger partial charge in [-0.1, -0.05) is 135 Å². The number of carbonyl (C=O) groups excluding carboxylic acids is 14. The van der Waals surface area contributed by atoms with Gasteiger partial charge in [-0.2, -0.15) is 0 Å². The number of anilines is 2. The van der Waals surface area contributed by atoms with Gasteiger partial charge in [-0.15, -0.1) is 0 Å². The molecule has 8 aliphatic carbocycles. The molecule has 38 heteroatoms. The van der Waals surface area contributed by atoms with Gasteiger partial charge in [-0.3, -0.25) is 105 Å². The second-order valence-corrected chi connectivity index (χ2v) is 43.1. The monoisotopic (exact) mass is 1960 g/mol. The lowest BCUT2D eigenvalue weighted by molar-refractivity contribution is -0.385. The fourth-order valence-electron chi connectivity index (χ4n) is 21.2. The first-order chi connectivity index (χ1) is 66.6. The molecule has 14 unspecified atom stereocenters. The van der Waals surface area contributed by atoms with E-state index in [0.29, 0.717) is 61.5 Å². The van der Waals surface area contributed by atoms with E-state index in [0.717, 1.165) is 61.4 Å². The second kappa shape index (κ2) is 37.4.